The number of halogens is 2. The zero-order chi connectivity index (χ0) is 12.3. The van der Waals surface area contributed by atoms with Crippen molar-refractivity contribution in [3.05, 3.63) is 46.7 Å². The fourth-order valence-corrected chi connectivity index (χ4v) is 1.58. The molecule has 1 heterocycles. The summed E-state index contributed by atoms with van der Waals surface area (Å²) >= 11 is 11.7. The van der Waals surface area contributed by atoms with Crippen molar-refractivity contribution in [2.24, 2.45) is 0 Å². The Morgan fingerprint density at radius 1 is 1.06 bits per heavy atom. The molecule has 0 fully saturated rings. The van der Waals surface area contributed by atoms with E-state index in [0.29, 0.717) is 21.5 Å². The van der Waals surface area contributed by atoms with Gasteiger partial charge in [-0.15, -0.1) is 0 Å². The van der Waals surface area contributed by atoms with E-state index in [1.807, 2.05) is 13.1 Å². The smallest absolute Gasteiger partial charge is 0.147 e. The van der Waals surface area contributed by atoms with Gasteiger partial charge in [0.2, 0.25) is 0 Å². The van der Waals surface area contributed by atoms with Crippen LogP contribution in [0.5, 0.6) is 11.5 Å². The van der Waals surface area contributed by atoms with E-state index in [2.05, 4.69) is 10.3 Å². The van der Waals surface area contributed by atoms with Gasteiger partial charge < -0.3 is 10.1 Å². The third-order valence-corrected chi connectivity index (χ3v) is 2.87. The van der Waals surface area contributed by atoms with Gasteiger partial charge in [0.25, 0.3) is 0 Å². The Labute approximate surface area is 109 Å². The van der Waals surface area contributed by atoms with Crippen molar-refractivity contribution in [1.29, 1.82) is 0 Å². The summed E-state index contributed by atoms with van der Waals surface area (Å²) in [6.07, 6.45) is 3.34. The highest BCUT2D eigenvalue weighted by Gasteiger charge is 2.02. The highest BCUT2D eigenvalue weighted by Crippen LogP contribution is 2.29. The topological polar surface area (TPSA) is 34.2 Å². The normalized spacial score (nSPS) is 10.1. The summed E-state index contributed by atoms with van der Waals surface area (Å²) in [5, 5.41) is 3.95. The van der Waals surface area contributed by atoms with E-state index in [4.69, 9.17) is 27.9 Å². The highest BCUT2D eigenvalue weighted by atomic mass is 35.5. The number of benzene rings is 1. The molecule has 0 amide bonds. The van der Waals surface area contributed by atoms with Crippen molar-refractivity contribution in [1.82, 2.24) is 4.98 Å². The van der Waals surface area contributed by atoms with Crippen LogP contribution in [0, 0.1) is 0 Å². The minimum absolute atomic E-state index is 0.460. The third-order valence-electron chi connectivity index (χ3n) is 2.13. The molecule has 0 aliphatic heterocycles. The number of aromatic nitrogens is 1. The Morgan fingerprint density at radius 2 is 1.88 bits per heavy atom. The van der Waals surface area contributed by atoms with Crippen LogP contribution < -0.4 is 10.1 Å². The van der Waals surface area contributed by atoms with Gasteiger partial charge in [-0.25, -0.2) is 0 Å². The van der Waals surface area contributed by atoms with E-state index in [1.165, 1.54) is 0 Å². The molecule has 0 saturated heterocycles. The van der Waals surface area contributed by atoms with Gasteiger partial charge in [-0.3, -0.25) is 4.98 Å². The summed E-state index contributed by atoms with van der Waals surface area (Å²) in [5.74, 6) is 1.25. The maximum atomic E-state index is 5.90. The number of pyridine rings is 1. The summed E-state index contributed by atoms with van der Waals surface area (Å²) in [6.45, 7) is 0. The van der Waals surface area contributed by atoms with Crippen LogP contribution >= 0.6 is 23.2 Å². The first kappa shape index (κ1) is 12.0. The zero-order valence-electron chi connectivity index (χ0n) is 9.08. The molecule has 0 bridgehead atoms. The molecule has 1 aromatic carbocycles. The fraction of sp³-hybridized carbons (Fsp3) is 0.0833. The lowest BCUT2D eigenvalue weighted by atomic mass is 10.3. The predicted molar refractivity (Wildman–Crippen MR) is 70.3 cm³/mol. The predicted octanol–water partition coefficient (Wildman–Crippen LogP) is 4.22. The molecule has 2 aromatic rings. The largest absolute Gasteiger partial charge is 0.456 e. The SMILES string of the molecule is CNc1cncc(Oc2ccc(Cl)c(Cl)c2)c1. The molecule has 3 nitrogen and oxygen atoms in total. The van der Waals surface area contributed by atoms with Gasteiger partial charge in [-0.1, -0.05) is 23.2 Å². The number of rotatable bonds is 3. The fourth-order valence-electron chi connectivity index (χ4n) is 1.29. The maximum Gasteiger partial charge on any atom is 0.147 e. The van der Waals surface area contributed by atoms with Gasteiger partial charge in [-0.2, -0.15) is 0 Å². The first-order valence-corrected chi connectivity index (χ1v) is 5.70. The number of ether oxygens (including phenoxy) is 1. The molecule has 0 aliphatic rings. The van der Waals surface area contributed by atoms with Gasteiger partial charge in [0.15, 0.2) is 0 Å². The quantitative estimate of drug-likeness (QED) is 0.905. The van der Waals surface area contributed by atoms with Gasteiger partial charge >= 0.3 is 0 Å². The number of anilines is 1. The van der Waals surface area contributed by atoms with Crippen molar-refractivity contribution >= 4 is 28.9 Å². The van der Waals surface area contributed by atoms with Gasteiger partial charge in [0, 0.05) is 19.2 Å². The van der Waals surface area contributed by atoms with Crippen LogP contribution in [0.4, 0.5) is 5.69 Å². The first-order chi connectivity index (χ1) is 8.19. The van der Waals surface area contributed by atoms with E-state index >= 15 is 0 Å². The number of nitrogens with zero attached hydrogens (tertiary/aromatic N) is 1. The number of hydrogen-bond donors (Lipinski definition) is 1. The van der Waals surface area contributed by atoms with E-state index in [-0.39, 0.29) is 0 Å². The maximum absolute atomic E-state index is 5.90. The monoisotopic (exact) mass is 268 g/mol. The lowest BCUT2D eigenvalue weighted by molar-refractivity contribution is 0.480. The first-order valence-electron chi connectivity index (χ1n) is 4.95. The van der Waals surface area contributed by atoms with Crippen molar-refractivity contribution in [3.63, 3.8) is 0 Å². The third kappa shape index (κ3) is 3.02. The molecule has 88 valence electrons. The summed E-state index contributed by atoms with van der Waals surface area (Å²) in [7, 11) is 1.82. The Morgan fingerprint density at radius 3 is 2.59 bits per heavy atom. The molecule has 0 atom stereocenters. The standard InChI is InChI=1S/C12H10Cl2N2O/c1-15-8-4-10(7-16-6-8)17-9-2-3-11(13)12(14)5-9/h2-7,15H,1H3. The van der Waals surface area contributed by atoms with Gasteiger partial charge in [0.05, 0.1) is 28.1 Å². The Bertz CT molecular complexity index is 532. The minimum atomic E-state index is 0.460. The number of nitrogens with one attached hydrogen (secondary N) is 1. The van der Waals surface area contributed by atoms with Crippen LogP contribution in [0.2, 0.25) is 10.0 Å². The molecule has 0 aliphatic carbocycles. The van der Waals surface area contributed by atoms with Crippen LogP contribution in [0.1, 0.15) is 0 Å². The van der Waals surface area contributed by atoms with Crippen molar-refractivity contribution in [2.45, 2.75) is 0 Å². The van der Waals surface area contributed by atoms with Crippen molar-refractivity contribution < 1.29 is 4.74 Å². The summed E-state index contributed by atoms with van der Waals surface area (Å²) in [5.41, 5.74) is 0.877. The molecule has 0 saturated carbocycles. The van der Waals surface area contributed by atoms with E-state index in [9.17, 15) is 0 Å². The lowest BCUT2D eigenvalue weighted by Crippen LogP contribution is -1.91. The summed E-state index contributed by atoms with van der Waals surface area (Å²) in [4.78, 5) is 4.05. The van der Waals surface area contributed by atoms with Gasteiger partial charge in [-0.05, 0) is 12.1 Å². The van der Waals surface area contributed by atoms with Crippen LogP contribution in [0.15, 0.2) is 36.7 Å². The second-order valence-corrected chi connectivity index (χ2v) is 4.15. The van der Waals surface area contributed by atoms with Crippen LogP contribution in [-0.2, 0) is 0 Å². The van der Waals surface area contributed by atoms with Crippen LogP contribution in [-0.4, -0.2) is 12.0 Å². The van der Waals surface area contributed by atoms with E-state index < -0.39 is 0 Å². The molecule has 2 rings (SSSR count). The molecule has 1 N–H and O–H groups in total. The molecular weight excluding hydrogens is 259 g/mol. The second-order valence-electron chi connectivity index (χ2n) is 3.34. The van der Waals surface area contributed by atoms with Crippen molar-refractivity contribution in [2.75, 3.05) is 12.4 Å². The van der Waals surface area contributed by atoms with Gasteiger partial charge in [0.1, 0.15) is 11.5 Å². The van der Waals surface area contributed by atoms with Crippen molar-refractivity contribution in [3.8, 4) is 11.5 Å². The van der Waals surface area contributed by atoms with E-state index in [0.717, 1.165) is 5.69 Å². The molecule has 1 aromatic heterocycles. The average molecular weight is 269 g/mol. The lowest BCUT2D eigenvalue weighted by Gasteiger charge is -2.07. The molecular formula is C12H10Cl2N2O. The summed E-state index contributed by atoms with van der Waals surface area (Å²) in [6, 6.07) is 6.94. The molecule has 17 heavy (non-hydrogen) atoms. The minimum Gasteiger partial charge on any atom is -0.456 e. The summed E-state index contributed by atoms with van der Waals surface area (Å²) < 4.78 is 5.61. The second kappa shape index (κ2) is 5.25. The molecule has 0 radical (unpaired) electrons. The Balaban J connectivity index is 2.22. The Kier molecular flexibility index (Phi) is 3.71. The molecule has 0 spiro atoms. The number of hydrogen-bond acceptors (Lipinski definition) is 3. The molecule has 0 unspecified atom stereocenters. The van der Waals surface area contributed by atoms with Crippen LogP contribution in [0.25, 0.3) is 0 Å². The molecule has 5 heteroatoms. The zero-order valence-corrected chi connectivity index (χ0v) is 10.6. The Hall–Kier alpha value is -1.45. The van der Waals surface area contributed by atoms with E-state index in [1.54, 1.807) is 30.6 Å². The van der Waals surface area contributed by atoms with Crippen LogP contribution in [0.3, 0.4) is 0 Å². The average Bonchev–Trinajstić information content (AvgIpc) is 2.34. The highest BCUT2D eigenvalue weighted by molar-refractivity contribution is 6.42.